The first-order chi connectivity index (χ1) is 12.9. The van der Waals surface area contributed by atoms with Crippen LogP contribution in [0.3, 0.4) is 0 Å². The average molecular weight is 453 g/mol. The highest BCUT2D eigenvalue weighted by Crippen LogP contribution is 2.24. The van der Waals surface area contributed by atoms with Gasteiger partial charge in [-0.05, 0) is 47.9 Å². The van der Waals surface area contributed by atoms with Crippen LogP contribution in [-0.4, -0.2) is 39.4 Å². The maximum absolute atomic E-state index is 12.5. The second-order valence-electron chi connectivity index (χ2n) is 6.31. The van der Waals surface area contributed by atoms with E-state index in [2.05, 4.69) is 20.7 Å². The standard InChI is InChI=1S/C19H21BrN2O4S/c1-26-17-6-5-14-8-10-22(13-15(14)11-17)19(23)7-9-21-27(24,25)18-4-2-3-16(20)12-18/h2-6,11-12,21H,7-10,13H2,1H3. The van der Waals surface area contributed by atoms with Crippen molar-refractivity contribution in [3.8, 4) is 5.75 Å². The Morgan fingerprint density at radius 3 is 2.78 bits per heavy atom. The minimum atomic E-state index is -3.63. The first-order valence-electron chi connectivity index (χ1n) is 8.58. The second kappa shape index (κ2) is 8.41. The van der Waals surface area contributed by atoms with E-state index in [0.717, 1.165) is 17.7 Å². The Labute approximate surface area is 167 Å². The molecule has 8 heteroatoms. The van der Waals surface area contributed by atoms with E-state index in [-0.39, 0.29) is 23.8 Å². The van der Waals surface area contributed by atoms with Crippen molar-refractivity contribution in [2.24, 2.45) is 0 Å². The second-order valence-corrected chi connectivity index (χ2v) is 8.99. The number of ether oxygens (including phenoxy) is 1. The van der Waals surface area contributed by atoms with Crippen LogP contribution in [-0.2, 0) is 27.8 Å². The predicted octanol–water partition coefficient (Wildman–Crippen LogP) is 2.71. The van der Waals surface area contributed by atoms with Gasteiger partial charge in [-0.3, -0.25) is 4.79 Å². The summed E-state index contributed by atoms with van der Waals surface area (Å²) < 4.78 is 33.0. The van der Waals surface area contributed by atoms with Crippen molar-refractivity contribution >= 4 is 31.9 Å². The molecule has 1 amide bonds. The Kier molecular flexibility index (Phi) is 6.18. The van der Waals surface area contributed by atoms with Gasteiger partial charge < -0.3 is 9.64 Å². The van der Waals surface area contributed by atoms with Crippen molar-refractivity contribution in [1.29, 1.82) is 0 Å². The zero-order chi connectivity index (χ0) is 19.4. The third-order valence-corrected chi connectivity index (χ3v) is 6.47. The van der Waals surface area contributed by atoms with Gasteiger partial charge in [0, 0.05) is 30.5 Å². The Balaban J connectivity index is 1.57. The molecule has 1 aliphatic rings. The van der Waals surface area contributed by atoms with Crippen LogP contribution in [0.15, 0.2) is 51.8 Å². The lowest BCUT2D eigenvalue weighted by atomic mass is 9.99. The van der Waals surface area contributed by atoms with Crippen molar-refractivity contribution in [3.63, 3.8) is 0 Å². The number of amides is 1. The largest absolute Gasteiger partial charge is 0.497 e. The molecule has 3 rings (SSSR count). The minimum absolute atomic E-state index is 0.0646. The Morgan fingerprint density at radius 1 is 1.22 bits per heavy atom. The fraction of sp³-hybridized carbons (Fsp3) is 0.316. The van der Waals surface area contributed by atoms with Crippen LogP contribution in [0, 0.1) is 0 Å². The number of halogens is 1. The van der Waals surface area contributed by atoms with E-state index in [1.165, 1.54) is 17.7 Å². The Bertz CT molecular complexity index is 946. The summed E-state index contributed by atoms with van der Waals surface area (Å²) in [6, 6.07) is 12.4. The normalized spacial score (nSPS) is 13.9. The number of benzene rings is 2. The van der Waals surface area contributed by atoms with E-state index in [4.69, 9.17) is 4.74 Å². The van der Waals surface area contributed by atoms with E-state index in [9.17, 15) is 13.2 Å². The molecule has 144 valence electrons. The number of rotatable bonds is 6. The molecule has 0 spiro atoms. The van der Waals surface area contributed by atoms with Gasteiger partial charge in [0.15, 0.2) is 0 Å². The number of methoxy groups -OCH3 is 1. The molecule has 0 radical (unpaired) electrons. The van der Waals surface area contributed by atoms with Crippen LogP contribution in [0.5, 0.6) is 5.75 Å². The van der Waals surface area contributed by atoms with Crippen molar-refractivity contribution in [2.75, 3.05) is 20.2 Å². The summed E-state index contributed by atoms with van der Waals surface area (Å²) >= 11 is 3.26. The van der Waals surface area contributed by atoms with E-state index >= 15 is 0 Å². The maximum atomic E-state index is 12.5. The van der Waals surface area contributed by atoms with Crippen LogP contribution >= 0.6 is 15.9 Å². The third kappa shape index (κ3) is 4.88. The molecule has 6 nitrogen and oxygen atoms in total. The van der Waals surface area contributed by atoms with Gasteiger partial charge in [-0.2, -0.15) is 0 Å². The Morgan fingerprint density at radius 2 is 2.04 bits per heavy atom. The summed E-state index contributed by atoms with van der Waals surface area (Å²) in [6.45, 7) is 1.22. The number of carbonyl (C=O) groups excluding carboxylic acids is 1. The van der Waals surface area contributed by atoms with Crippen LogP contribution in [0.1, 0.15) is 17.5 Å². The highest BCUT2D eigenvalue weighted by Gasteiger charge is 2.22. The zero-order valence-electron chi connectivity index (χ0n) is 14.9. The molecule has 1 N–H and O–H groups in total. The fourth-order valence-corrected chi connectivity index (χ4v) is 4.67. The van der Waals surface area contributed by atoms with Gasteiger partial charge in [0.05, 0.1) is 12.0 Å². The van der Waals surface area contributed by atoms with Gasteiger partial charge >= 0.3 is 0 Å². The number of nitrogens with one attached hydrogen (secondary N) is 1. The molecule has 0 saturated carbocycles. The summed E-state index contributed by atoms with van der Waals surface area (Å²) in [6.07, 6.45) is 0.904. The molecule has 0 saturated heterocycles. The number of carbonyl (C=O) groups is 1. The van der Waals surface area contributed by atoms with Gasteiger partial charge in [-0.15, -0.1) is 0 Å². The lowest BCUT2D eigenvalue weighted by Gasteiger charge is -2.29. The van der Waals surface area contributed by atoms with Crippen LogP contribution in [0.2, 0.25) is 0 Å². The lowest BCUT2D eigenvalue weighted by Crippen LogP contribution is -2.38. The number of hydrogen-bond acceptors (Lipinski definition) is 4. The first kappa shape index (κ1) is 19.9. The number of sulfonamides is 1. The van der Waals surface area contributed by atoms with E-state index in [1.807, 2.05) is 18.2 Å². The van der Waals surface area contributed by atoms with E-state index in [0.29, 0.717) is 17.6 Å². The minimum Gasteiger partial charge on any atom is -0.497 e. The molecule has 1 aliphatic heterocycles. The quantitative estimate of drug-likeness (QED) is 0.730. The molecule has 27 heavy (non-hydrogen) atoms. The molecular weight excluding hydrogens is 432 g/mol. The highest BCUT2D eigenvalue weighted by atomic mass is 79.9. The number of hydrogen-bond donors (Lipinski definition) is 1. The van der Waals surface area contributed by atoms with Gasteiger partial charge in [-0.1, -0.05) is 28.1 Å². The summed E-state index contributed by atoms with van der Waals surface area (Å²) in [5.41, 5.74) is 2.29. The van der Waals surface area contributed by atoms with Crippen LogP contribution in [0.25, 0.3) is 0 Å². The smallest absolute Gasteiger partial charge is 0.240 e. The summed E-state index contributed by atoms with van der Waals surface area (Å²) in [5, 5.41) is 0. The SMILES string of the molecule is COc1ccc2c(c1)CN(C(=O)CCNS(=O)(=O)c1cccc(Br)c1)CC2. The molecule has 0 atom stereocenters. The van der Waals surface area contributed by atoms with Gasteiger partial charge in [0.2, 0.25) is 15.9 Å². The summed E-state index contributed by atoms with van der Waals surface area (Å²) in [4.78, 5) is 14.4. The van der Waals surface area contributed by atoms with E-state index < -0.39 is 10.0 Å². The van der Waals surface area contributed by atoms with Crippen molar-refractivity contribution in [2.45, 2.75) is 24.3 Å². The summed E-state index contributed by atoms with van der Waals surface area (Å²) in [7, 11) is -2.02. The molecule has 0 aliphatic carbocycles. The highest BCUT2D eigenvalue weighted by molar-refractivity contribution is 9.10. The van der Waals surface area contributed by atoms with Crippen LogP contribution in [0.4, 0.5) is 0 Å². The zero-order valence-corrected chi connectivity index (χ0v) is 17.3. The van der Waals surface area contributed by atoms with Crippen LogP contribution < -0.4 is 9.46 Å². The van der Waals surface area contributed by atoms with Gasteiger partial charge in [0.1, 0.15) is 5.75 Å². The maximum Gasteiger partial charge on any atom is 0.240 e. The summed E-state index contributed by atoms with van der Waals surface area (Å²) in [5.74, 6) is 0.699. The third-order valence-electron chi connectivity index (χ3n) is 4.52. The molecule has 0 unspecified atom stereocenters. The molecule has 0 bridgehead atoms. The number of nitrogens with zero attached hydrogens (tertiary/aromatic N) is 1. The molecule has 2 aromatic carbocycles. The first-order valence-corrected chi connectivity index (χ1v) is 10.9. The Hall–Kier alpha value is -1.90. The average Bonchev–Trinajstić information content (AvgIpc) is 2.66. The topological polar surface area (TPSA) is 75.7 Å². The monoisotopic (exact) mass is 452 g/mol. The van der Waals surface area contributed by atoms with Crippen molar-refractivity contribution < 1.29 is 17.9 Å². The predicted molar refractivity (Wildman–Crippen MR) is 106 cm³/mol. The molecule has 0 fully saturated rings. The fourth-order valence-electron chi connectivity index (χ4n) is 3.04. The molecule has 2 aromatic rings. The van der Waals surface area contributed by atoms with E-state index in [1.54, 1.807) is 24.1 Å². The van der Waals surface area contributed by atoms with Gasteiger partial charge in [-0.25, -0.2) is 13.1 Å². The van der Waals surface area contributed by atoms with Crippen molar-refractivity contribution in [1.82, 2.24) is 9.62 Å². The lowest BCUT2D eigenvalue weighted by molar-refractivity contribution is -0.131. The van der Waals surface area contributed by atoms with Gasteiger partial charge in [0.25, 0.3) is 0 Å². The molecule has 0 aromatic heterocycles. The number of fused-ring (bicyclic) bond motifs is 1. The van der Waals surface area contributed by atoms with Crippen molar-refractivity contribution in [3.05, 3.63) is 58.1 Å². The molecular formula is C19H21BrN2O4S. The molecule has 1 heterocycles.